The first-order chi connectivity index (χ1) is 8.69. The number of hydrazine groups is 1. The lowest BCUT2D eigenvalue weighted by atomic mass is 10.2. The Balaban J connectivity index is 1.84. The normalized spacial score (nSPS) is 17.9. The molecule has 1 aromatic carbocycles. The van der Waals surface area contributed by atoms with Crippen LogP contribution >= 0.6 is 0 Å². The number of piperazine rings is 1. The fourth-order valence-corrected chi connectivity index (χ4v) is 1.99. The Hall–Kier alpha value is -1.17. The fourth-order valence-electron chi connectivity index (χ4n) is 1.99. The van der Waals surface area contributed by atoms with E-state index in [2.05, 4.69) is 22.4 Å². The van der Waals surface area contributed by atoms with Crippen LogP contribution in [0.1, 0.15) is 5.56 Å². The summed E-state index contributed by atoms with van der Waals surface area (Å²) in [6.07, 6.45) is 0. The minimum absolute atomic E-state index is 0.290. The number of nitrogens with zero attached hydrogens (tertiary/aromatic N) is 2. The molecular weight excluding hydrogens is 233 g/mol. The predicted octanol–water partition coefficient (Wildman–Crippen LogP) is 1.09. The topological polar surface area (TPSA) is 27.7 Å². The average Bonchev–Trinajstić information content (AvgIpc) is 2.38. The standard InChI is InChI=1S/C13H20FN3O/c1-16-5-7-17(8-6-16)15-10-11-3-4-13(18-2)12(14)9-11/h3-4,9,15H,5-8,10H2,1-2H3. The molecule has 1 aliphatic heterocycles. The highest BCUT2D eigenvalue weighted by molar-refractivity contribution is 5.29. The van der Waals surface area contributed by atoms with Crippen molar-refractivity contribution in [1.29, 1.82) is 0 Å². The van der Waals surface area contributed by atoms with E-state index in [0.29, 0.717) is 12.3 Å². The molecule has 0 aliphatic carbocycles. The number of hydrogen-bond acceptors (Lipinski definition) is 4. The number of benzene rings is 1. The summed E-state index contributed by atoms with van der Waals surface area (Å²) < 4.78 is 18.4. The molecule has 18 heavy (non-hydrogen) atoms. The van der Waals surface area contributed by atoms with Crippen LogP contribution in [-0.2, 0) is 6.54 Å². The van der Waals surface area contributed by atoms with Gasteiger partial charge in [0.2, 0.25) is 0 Å². The summed E-state index contributed by atoms with van der Waals surface area (Å²) in [7, 11) is 3.59. The molecule has 1 aromatic rings. The zero-order valence-corrected chi connectivity index (χ0v) is 10.9. The van der Waals surface area contributed by atoms with Crippen molar-refractivity contribution in [2.75, 3.05) is 40.3 Å². The number of hydrogen-bond donors (Lipinski definition) is 1. The fraction of sp³-hybridized carbons (Fsp3) is 0.538. The summed E-state index contributed by atoms with van der Waals surface area (Å²) in [5.41, 5.74) is 4.25. The number of methoxy groups -OCH3 is 1. The molecule has 0 saturated carbocycles. The third kappa shape index (κ3) is 3.41. The summed E-state index contributed by atoms with van der Waals surface area (Å²) in [5.74, 6) is -0.0199. The molecular formula is C13H20FN3O. The first kappa shape index (κ1) is 13.3. The van der Waals surface area contributed by atoms with E-state index in [9.17, 15) is 4.39 Å². The second-order valence-corrected chi connectivity index (χ2v) is 4.59. The first-order valence-corrected chi connectivity index (χ1v) is 6.18. The van der Waals surface area contributed by atoms with E-state index in [1.165, 1.54) is 13.2 Å². The van der Waals surface area contributed by atoms with Crippen LogP contribution in [0.3, 0.4) is 0 Å². The molecule has 2 rings (SSSR count). The zero-order chi connectivity index (χ0) is 13.0. The van der Waals surface area contributed by atoms with Crippen LogP contribution in [0, 0.1) is 5.82 Å². The monoisotopic (exact) mass is 253 g/mol. The van der Waals surface area contributed by atoms with E-state index in [4.69, 9.17) is 4.74 Å². The van der Waals surface area contributed by atoms with E-state index in [-0.39, 0.29) is 5.82 Å². The van der Waals surface area contributed by atoms with Gasteiger partial charge in [-0.05, 0) is 24.7 Å². The molecule has 0 radical (unpaired) electrons. The molecule has 0 amide bonds. The maximum absolute atomic E-state index is 13.5. The smallest absolute Gasteiger partial charge is 0.165 e. The van der Waals surface area contributed by atoms with Gasteiger partial charge in [-0.3, -0.25) is 5.43 Å². The molecule has 0 spiro atoms. The van der Waals surface area contributed by atoms with Crippen molar-refractivity contribution < 1.29 is 9.13 Å². The summed E-state index contributed by atoms with van der Waals surface area (Å²) in [5, 5.41) is 2.18. The van der Waals surface area contributed by atoms with Gasteiger partial charge in [0.1, 0.15) is 0 Å². The Bertz CT molecular complexity index is 392. The molecule has 100 valence electrons. The predicted molar refractivity (Wildman–Crippen MR) is 68.9 cm³/mol. The van der Waals surface area contributed by atoms with Gasteiger partial charge in [0, 0.05) is 32.7 Å². The van der Waals surface area contributed by atoms with Crippen LogP contribution in [-0.4, -0.2) is 50.2 Å². The number of halogens is 1. The number of likely N-dealkylation sites (N-methyl/N-ethyl adjacent to an activating group) is 1. The van der Waals surface area contributed by atoms with E-state index in [1.807, 2.05) is 6.07 Å². The highest BCUT2D eigenvalue weighted by atomic mass is 19.1. The van der Waals surface area contributed by atoms with Gasteiger partial charge in [-0.1, -0.05) is 6.07 Å². The lowest BCUT2D eigenvalue weighted by molar-refractivity contribution is 0.102. The SMILES string of the molecule is COc1ccc(CNN2CCN(C)CC2)cc1F. The molecule has 4 nitrogen and oxygen atoms in total. The molecule has 5 heteroatoms. The average molecular weight is 253 g/mol. The molecule has 0 aromatic heterocycles. The maximum Gasteiger partial charge on any atom is 0.165 e. The van der Waals surface area contributed by atoms with Gasteiger partial charge in [0.05, 0.1) is 7.11 Å². The Kier molecular flexibility index (Phi) is 4.52. The molecule has 1 heterocycles. The maximum atomic E-state index is 13.5. The van der Waals surface area contributed by atoms with Gasteiger partial charge in [-0.2, -0.15) is 0 Å². The zero-order valence-electron chi connectivity index (χ0n) is 10.9. The Morgan fingerprint density at radius 1 is 1.28 bits per heavy atom. The molecule has 0 atom stereocenters. The quantitative estimate of drug-likeness (QED) is 0.869. The Morgan fingerprint density at radius 2 is 2.00 bits per heavy atom. The highest BCUT2D eigenvalue weighted by Gasteiger charge is 2.13. The molecule has 1 fully saturated rings. The van der Waals surface area contributed by atoms with Crippen molar-refractivity contribution in [3.8, 4) is 5.75 Å². The minimum Gasteiger partial charge on any atom is -0.494 e. The van der Waals surface area contributed by atoms with Crippen molar-refractivity contribution in [3.05, 3.63) is 29.6 Å². The van der Waals surface area contributed by atoms with E-state index >= 15 is 0 Å². The van der Waals surface area contributed by atoms with Crippen molar-refractivity contribution in [2.24, 2.45) is 0 Å². The van der Waals surface area contributed by atoms with Crippen molar-refractivity contribution in [1.82, 2.24) is 15.3 Å². The van der Waals surface area contributed by atoms with Crippen molar-refractivity contribution in [3.63, 3.8) is 0 Å². The lowest BCUT2D eigenvalue weighted by Crippen LogP contribution is -2.50. The van der Waals surface area contributed by atoms with Gasteiger partial charge < -0.3 is 9.64 Å². The largest absolute Gasteiger partial charge is 0.494 e. The molecule has 1 aliphatic rings. The van der Waals surface area contributed by atoms with Crippen LogP contribution in [0.15, 0.2) is 18.2 Å². The first-order valence-electron chi connectivity index (χ1n) is 6.18. The second kappa shape index (κ2) is 6.13. The van der Waals surface area contributed by atoms with Crippen LogP contribution in [0.25, 0.3) is 0 Å². The number of rotatable bonds is 4. The number of ether oxygens (including phenoxy) is 1. The summed E-state index contributed by atoms with van der Waals surface area (Å²) in [6, 6.07) is 5.06. The van der Waals surface area contributed by atoms with Gasteiger partial charge in [-0.15, -0.1) is 0 Å². The van der Waals surface area contributed by atoms with Crippen molar-refractivity contribution >= 4 is 0 Å². The lowest BCUT2D eigenvalue weighted by Gasteiger charge is -2.32. The van der Waals surface area contributed by atoms with Crippen LogP contribution in [0.4, 0.5) is 4.39 Å². The number of nitrogens with one attached hydrogen (secondary N) is 1. The van der Waals surface area contributed by atoms with E-state index in [1.54, 1.807) is 6.07 Å². The van der Waals surface area contributed by atoms with Gasteiger partial charge >= 0.3 is 0 Å². The van der Waals surface area contributed by atoms with Crippen LogP contribution in [0.2, 0.25) is 0 Å². The Morgan fingerprint density at radius 3 is 2.61 bits per heavy atom. The highest BCUT2D eigenvalue weighted by Crippen LogP contribution is 2.17. The Labute approximate surface area is 107 Å². The molecule has 0 unspecified atom stereocenters. The van der Waals surface area contributed by atoms with E-state index in [0.717, 1.165) is 31.7 Å². The minimum atomic E-state index is -0.310. The molecule has 1 saturated heterocycles. The second-order valence-electron chi connectivity index (χ2n) is 4.59. The van der Waals surface area contributed by atoms with Crippen LogP contribution < -0.4 is 10.2 Å². The third-order valence-electron chi connectivity index (χ3n) is 3.23. The summed E-state index contributed by atoms with van der Waals surface area (Å²) in [6.45, 7) is 4.75. The van der Waals surface area contributed by atoms with Gasteiger partial charge in [0.15, 0.2) is 11.6 Å². The third-order valence-corrected chi connectivity index (χ3v) is 3.23. The van der Waals surface area contributed by atoms with Gasteiger partial charge in [0.25, 0.3) is 0 Å². The van der Waals surface area contributed by atoms with E-state index < -0.39 is 0 Å². The van der Waals surface area contributed by atoms with Gasteiger partial charge in [-0.25, -0.2) is 9.40 Å². The van der Waals surface area contributed by atoms with Crippen LogP contribution in [0.5, 0.6) is 5.75 Å². The molecule has 0 bridgehead atoms. The molecule has 1 N–H and O–H groups in total. The van der Waals surface area contributed by atoms with Crippen molar-refractivity contribution in [2.45, 2.75) is 6.54 Å². The summed E-state index contributed by atoms with van der Waals surface area (Å²) in [4.78, 5) is 2.30. The summed E-state index contributed by atoms with van der Waals surface area (Å²) >= 11 is 0.